The van der Waals surface area contributed by atoms with Crippen LogP contribution in [0.3, 0.4) is 0 Å². The van der Waals surface area contributed by atoms with Crippen LogP contribution in [0.15, 0.2) is 28.6 Å². The Morgan fingerprint density at radius 2 is 2.14 bits per heavy atom. The number of anilines is 2. The van der Waals surface area contributed by atoms with Gasteiger partial charge >= 0.3 is 0 Å². The third kappa shape index (κ3) is 5.85. The van der Waals surface area contributed by atoms with Gasteiger partial charge in [0.1, 0.15) is 11.4 Å². The van der Waals surface area contributed by atoms with Crippen LogP contribution in [0.5, 0.6) is 0 Å². The second-order valence-electron chi connectivity index (χ2n) is 6.61. The van der Waals surface area contributed by atoms with Gasteiger partial charge in [-0.25, -0.2) is 13.6 Å². The van der Waals surface area contributed by atoms with E-state index < -0.39 is 22.4 Å². The summed E-state index contributed by atoms with van der Waals surface area (Å²) in [4.78, 5) is 3.95. The second kappa shape index (κ2) is 9.95. The Morgan fingerprint density at radius 1 is 1.36 bits per heavy atom. The lowest BCUT2D eigenvalue weighted by atomic mass is 9.97. The molecule has 2 heterocycles. The van der Waals surface area contributed by atoms with Crippen LogP contribution in [-0.4, -0.2) is 52.6 Å². The molecule has 1 aromatic carbocycles. The molecule has 0 amide bonds. The fraction of sp³-hybridized carbons (Fsp3) is 0.471. The molecule has 0 radical (unpaired) electrons. The van der Waals surface area contributed by atoms with E-state index in [2.05, 4.69) is 25.7 Å². The maximum atomic E-state index is 14.3. The molecule has 1 fully saturated rings. The summed E-state index contributed by atoms with van der Waals surface area (Å²) in [6.45, 7) is 3.27. The molecule has 154 valence electrons. The van der Waals surface area contributed by atoms with Crippen LogP contribution < -0.4 is 20.7 Å². The van der Waals surface area contributed by atoms with E-state index in [4.69, 9.17) is 11.6 Å². The van der Waals surface area contributed by atoms with E-state index in [-0.39, 0.29) is 4.90 Å². The van der Waals surface area contributed by atoms with E-state index in [9.17, 15) is 13.7 Å². The van der Waals surface area contributed by atoms with E-state index in [0.29, 0.717) is 42.0 Å². The van der Waals surface area contributed by atoms with E-state index >= 15 is 0 Å². The minimum atomic E-state index is -1.78. The second-order valence-corrected chi connectivity index (χ2v) is 9.09. The third-order valence-corrected chi connectivity index (χ3v) is 6.51. The Balaban J connectivity index is 1.41. The van der Waals surface area contributed by atoms with E-state index in [1.54, 1.807) is 11.6 Å². The number of benzene rings is 1. The van der Waals surface area contributed by atoms with Crippen LogP contribution in [0.25, 0.3) is 0 Å². The lowest BCUT2D eigenvalue weighted by molar-refractivity contribution is -0.00821. The number of aliphatic hydroxyl groups is 1. The average Bonchev–Trinajstić information content (AvgIpc) is 3.14. The summed E-state index contributed by atoms with van der Waals surface area (Å²) in [7, 11) is -1.78. The molecule has 3 rings (SSSR count). The molecular formula is C17H23ClFN5O2S2. The van der Waals surface area contributed by atoms with Crippen molar-refractivity contribution in [1.29, 1.82) is 0 Å². The van der Waals surface area contributed by atoms with Gasteiger partial charge in [0.15, 0.2) is 16.1 Å². The van der Waals surface area contributed by atoms with Crippen molar-refractivity contribution >= 4 is 44.7 Å². The Kier molecular flexibility index (Phi) is 7.61. The van der Waals surface area contributed by atoms with Crippen molar-refractivity contribution in [2.45, 2.75) is 23.3 Å². The summed E-state index contributed by atoms with van der Waals surface area (Å²) in [6, 6.07) is 2.63. The highest BCUT2D eigenvalue weighted by molar-refractivity contribution is 7.86. The molecule has 11 heteroatoms. The van der Waals surface area contributed by atoms with Gasteiger partial charge in [0.05, 0.1) is 15.6 Å². The number of halogens is 2. The molecule has 2 aromatic rings. The highest BCUT2D eigenvalue weighted by Gasteiger charge is 2.33. The Bertz CT molecular complexity index is 805. The Labute approximate surface area is 174 Å². The molecule has 1 saturated heterocycles. The summed E-state index contributed by atoms with van der Waals surface area (Å²) in [5.74, 6) is -0.599. The maximum Gasteiger partial charge on any atom is 0.194 e. The fourth-order valence-corrected chi connectivity index (χ4v) is 4.54. The fourth-order valence-electron chi connectivity index (χ4n) is 2.67. The summed E-state index contributed by atoms with van der Waals surface area (Å²) in [6.07, 6.45) is 3.35. The van der Waals surface area contributed by atoms with Gasteiger partial charge in [-0.2, -0.15) is 0 Å². The predicted octanol–water partition coefficient (Wildman–Crippen LogP) is 2.19. The minimum Gasteiger partial charge on any atom is -0.386 e. The number of β-amino-alcohol motifs (C(OH)–C–C–N with tert-alkyl or cyclic N) is 1. The molecule has 28 heavy (non-hydrogen) atoms. The topological polar surface area (TPSA) is 98.3 Å². The van der Waals surface area contributed by atoms with Gasteiger partial charge in [0, 0.05) is 37.8 Å². The molecule has 1 unspecified atom stereocenters. The van der Waals surface area contributed by atoms with Gasteiger partial charge in [-0.05, 0) is 31.5 Å². The van der Waals surface area contributed by atoms with Gasteiger partial charge in [-0.1, -0.05) is 11.6 Å². The van der Waals surface area contributed by atoms with Crippen LogP contribution >= 0.6 is 22.9 Å². The summed E-state index contributed by atoms with van der Waals surface area (Å²) in [5, 5.41) is 21.8. The zero-order chi connectivity index (χ0) is 20.0. The minimum absolute atomic E-state index is 0.0154. The summed E-state index contributed by atoms with van der Waals surface area (Å²) >= 11 is 7.49. The number of hydrogen-bond acceptors (Lipinski definition) is 7. The van der Waals surface area contributed by atoms with Crippen molar-refractivity contribution in [3.05, 3.63) is 34.5 Å². The number of aromatic nitrogens is 1. The molecule has 0 spiro atoms. The maximum absolute atomic E-state index is 14.3. The smallest absolute Gasteiger partial charge is 0.194 e. The van der Waals surface area contributed by atoms with Crippen LogP contribution in [0.4, 0.5) is 15.2 Å². The first-order valence-electron chi connectivity index (χ1n) is 8.91. The first-order valence-corrected chi connectivity index (χ1v) is 11.3. The number of nitrogens with zero attached hydrogens (tertiary/aromatic N) is 1. The molecule has 7 nitrogen and oxygen atoms in total. The average molecular weight is 448 g/mol. The van der Waals surface area contributed by atoms with Gasteiger partial charge in [-0.15, -0.1) is 11.3 Å². The SMILES string of the molecule is O=S(Nc1nccs1)c1cc(Cl)c(NCCCCNCC2(O)CNC2)cc1F. The van der Waals surface area contributed by atoms with Crippen molar-refractivity contribution in [2.24, 2.45) is 0 Å². The lowest BCUT2D eigenvalue weighted by Gasteiger charge is -2.37. The van der Waals surface area contributed by atoms with E-state index in [1.807, 2.05) is 0 Å². The summed E-state index contributed by atoms with van der Waals surface area (Å²) in [5.41, 5.74) is -0.142. The van der Waals surface area contributed by atoms with Crippen molar-refractivity contribution in [3.63, 3.8) is 0 Å². The standard InChI is InChI=1S/C17H23ClFN5O2S2/c18-12-7-15(28(26)24-16-23-5-6-27-16)13(19)8-14(12)22-4-2-1-3-20-9-17(25)10-21-11-17/h5-8,20-22,25H,1-4,9-11H2,(H,23,24). The monoisotopic (exact) mass is 447 g/mol. The molecule has 5 N–H and O–H groups in total. The van der Waals surface area contributed by atoms with Crippen LogP contribution in [0.2, 0.25) is 5.02 Å². The van der Waals surface area contributed by atoms with Crippen molar-refractivity contribution in [3.8, 4) is 0 Å². The normalized spacial score (nSPS) is 16.4. The first-order chi connectivity index (χ1) is 13.5. The molecule has 1 aromatic heterocycles. The van der Waals surface area contributed by atoms with Crippen molar-refractivity contribution in [1.82, 2.24) is 15.6 Å². The van der Waals surface area contributed by atoms with Crippen molar-refractivity contribution < 1.29 is 13.7 Å². The van der Waals surface area contributed by atoms with Crippen LogP contribution in [-0.2, 0) is 11.0 Å². The van der Waals surface area contributed by atoms with E-state index in [0.717, 1.165) is 19.4 Å². The highest BCUT2D eigenvalue weighted by Crippen LogP contribution is 2.28. The Morgan fingerprint density at radius 3 is 2.82 bits per heavy atom. The van der Waals surface area contributed by atoms with Crippen molar-refractivity contribution in [2.75, 3.05) is 42.8 Å². The molecule has 1 aliphatic rings. The molecule has 1 aliphatic heterocycles. The zero-order valence-corrected chi connectivity index (χ0v) is 17.5. The molecule has 0 aliphatic carbocycles. The van der Waals surface area contributed by atoms with Gasteiger partial charge in [-0.3, -0.25) is 4.72 Å². The first kappa shape index (κ1) is 21.4. The number of hydrogen-bond donors (Lipinski definition) is 5. The molecule has 1 atom stereocenters. The summed E-state index contributed by atoms with van der Waals surface area (Å²) < 4.78 is 29.3. The largest absolute Gasteiger partial charge is 0.386 e. The van der Waals surface area contributed by atoms with E-state index in [1.165, 1.54) is 23.5 Å². The molecule has 0 bridgehead atoms. The van der Waals surface area contributed by atoms with Gasteiger partial charge in [0.25, 0.3) is 0 Å². The predicted molar refractivity (Wildman–Crippen MR) is 112 cm³/mol. The third-order valence-electron chi connectivity index (χ3n) is 4.29. The quantitative estimate of drug-likeness (QED) is 0.339. The number of nitrogens with one attached hydrogen (secondary N) is 4. The Hall–Kier alpha value is -1.30. The highest BCUT2D eigenvalue weighted by atomic mass is 35.5. The number of thiazole rings is 1. The number of unbranched alkanes of at least 4 members (excludes halogenated alkanes) is 1. The van der Waals surface area contributed by atoms with Gasteiger partial charge < -0.3 is 21.1 Å². The number of rotatable bonds is 11. The zero-order valence-electron chi connectivity index (χ0n) is 15.1. The van der Waals surface area contributed by atoms with Gasteiger partial charge in [0.2, 0.25) is 0 Å². The molecule has 0 saturated carbocycles. The molecular weight excluding hydrogens is 425 g/mol. The van der Waals surface area contributed by atoms with Crippen LogP contribution in [0.1, 0.15) is 12.8 Å². The van der Waals surface area contributed by atoms with Crippen LogP contribution in [0, 0.1) is 5.82 Å². The lowest BCUT2D eigenvalue weighted by Crippen LogP contribution is -2.64.